The van der Waals surface area contributed by atoms with Crippen molar-refractivity contribution in [3.05, 3.63) is 70.0 Å². The van der Waals surface area contributed by atoms with E-state index >= 15 is 0 Å². The molecule has 0 atom stereocenters. The zero-order valence-electron chi connectivity index (χ0n) is 14.3. The van der Waals surface area contributed by atoms with Gasteiger partial charge in [-0.2, -0.15) is 0 Å². The zero-order valence-corrected chi connectivity index (χ0v) is 14.3. The number of benzene rings is 2. The predicted octanol–water partition coefficient (Wildman–Crippen LogP) is 1.86. The first-order valence-corrected chi connectivity index (χ1v) is 8.49. The van der Waals surface area contributed by atoms with Crippen LogP contribution < -0.4 is 5.76 Å². The Morgan fingerprint density at radius 2 is 1.63 bits per heavy atom. The van der Waals surface area contributed by atoms with Crippen LogP contribution in [0.15, 0.2) is 51.7 Å². The van der Waals surface area contributed by atoms with Gasteiger partial charge in [-0.25, -0.2) is 9.18 Å². The Kier molecular flexibility index (Phi) is 4.23. The highest BCUT2D eigenvalue weighted by atomic mass is 19.1. The van der Waals surface area contributed by atoms with E-state index in [4.69, 9.17) is 4.42 Å². The Hall–Kier alpha value is -3.42. The van der Waals surface area contributed by atoms with Gasteiger partial charge in [-0.1, -0.05) is 12.1 Å². The average molecular weight is 369 g/mol. The highest BCUT2D eigenvalue weighted by Gasteiger charge is 2.26. The number of hydrogen-bond acceptors (Lipinski definition) is 4. The number of rotatable bonds is 2. The van der Waals surface area contributed by atoms with Crippen molar-refractivity contribution in [3.8, 4) is 0 Å². The molecule has 0 unspecified atom stereocenters. The van der Waals surface area contributed by atoms with E-state index in [1.54, 1.807) is 34.1 Å². The maximum absolute atomic E-state index is 13.8. The summed E-state index contributed by atoms with van der Waals surface area (Å²) in [6.45, 7) is 1.34. The molecule has 1 aliphatic heterocycles. The van der Waals surface area contributed by atoms with E-state index < -0.39 is 11.6 Å². The van der Waals surface area contributed by atoms with Crippen molar-refractivity contribution in [1.29, 1.82) is 0 Å². The standard InChI is InChI=1S/C19H16FN3O4/c20-14-4-2-1-3-13(14)18(25)23-9-7-22(8-10-23)17(24)12-5-6-16-15(11-12)21-19(26)27-16/h1-6,11H,7-10H2,(H,21,26). The van der Waals surface area contributed by atoms with E-state index in [1.807, 2.05) is 0 Å². The van der Waals surface area contributed by atoms with Crippen molar-refractivity contribution in [2.24, 2.45) is 0 Å². The Bertz CT molecular complexity index is 1080. The number of hydrogen-bond donors (Lipinski definition) is 1. The van der Waals surface area contributed by atoms with Gasteiger partial charge in [-0.05, 0) is 30.3 Å². The van der Waals surface area contributed by atoms with Gasteiger partial charge >= 0.3 is 5.76 Å². The maximum atomic E-state index is 13.8. The van der Waals surface area contributed by atoms with Gasteiger partial charge in [-0.3, -0.25) is 14.6 Å². The average Bonchev–Trinajstić information content (AvgIpc) is 3.06. The van der Waals surface area contributed by atoms with Crippen molar-refractivity contribution >= 4 is 22.9 Å². The summed E-state index contributed by atoms with van der Waals surface area (Å²) < 4.78 is 18.7. The number of amides is 2. The first-order chi connectivity index (χ1) is 13.0. The Morgan fingerprint density at radius 3 is 2.33 bits per heavy atom. The summed E-state index contributed by atoms with van der Waals surface area (Å²) in [4.78, 5) is 42.1. The minimum absolute atomic E-state index is 0.0339. The van der Waals surface area contributed by atoms with Crippen LogP contribution in [0, 0.1) is 5.82 Å². The highest BCUT2D eigenvalue weighted by Crippen LogP contribution is 2.17. The fourth-order valence-electron chi connectivity index (χ4n) is 3.19. The maximum Gasteiger partial charge on any atom is 0.417 e. The minimum Gasteiger partial charge on any atom is -0.408 e. The zero-order chi connectivity index (χ0) is 19.0. The molecule has 1 N–H and O–H groups in total. The molecule has 27 heavy (non-hydrogen) atoms. The number of nitrogens with one attached hydrogen (secondary N) is 1. The van der Waals surface area contributed by atoms with Crippen LogP contribution in [-0.4, -0.2) is 52.8 Å². The van der Waals surface area contributed by atoms with Crippen LogP contribution in [0.4, 0.5) is 4.39 Å². The van der Waals surface area contributed by atoms with Crippen molar-refractivity contribution in [2.75, 3.05) is 26.2 Å². The molecule has 1 aliphatic rings. The summed E-state index contributed by atoms with van der Waals surface area (Å²) in [5, 5.41) is 0. The van der Waals surface area contributed by atoms with Gasteiger partial charge in [0.05, 0.1) is 11.1 Å². The van der Waals surface area contributed by atoms with E-state index in [9.17, 15) is 18.8 Å². The molecule has 3 aromatic rings. The fourth-order valence-corrected chi connectivity index (χ4v) is 3.19. The van der Waals surface area contributed by atoms with Gasteiger partial charge in [0.2, 0.25) is 0 Å². The summed E-state index contributed by atoms with van der Waals surface area (Å²) >= 11 is 0. The summed E-state index contributed by atoms with van der Waals surface area (Å²) in [5.74, 6) is -1.70. The smallest absolute Gasteiger partial charge is 0.408 e. The third-order valence-corrected chi connectivity index (χ3v) is 4.62. The molecule has 2 heterocycles. The topological polar surface area (TPSA) is 86.6 Å². The lowest BCUT2D eigenvalue weighted by Gasteiger charge is -2.35. The number of oxazole rings is 1. The van der Waals surface area contributed by atoms with E-state index in [2.05, 4.69) is 4.98 Å². The second-order valence-corrected chi connectivity index (χ2v) is 6.29. The van der Waals surface area contributed by atoms with Crippen molar-refractivity contribution in [2.45, 2.75) is 0 Å². The number of carbonyl (C=O) groups excluding carboxylic acids is 2. The van der Waals surface area contributed by atoms with Crippen LogP contribution in [0.25, 0.3) is 11.1 Å². The summed E-state index contributed by atoms with van der Waals surface area (Å²) in [6.07, 6.45) is 0. The van der Waals surface area contributed by atoms with Crippen LogP contribution in [0.2, 0.25) is 0 Å². The highest BCUT2D eigenvalue weighted by molar-refractivity contribution is 5.98. The first-order valence-electron chi connectivity index (χ1n) is 8.49. The van der Waals surface area contributed by atoms with Crippen LogP contribution in [-0.2, 0) is 0 Å². The predicted molar refractivity (Wildman–Crippen MR) is 95.0 cm³/mol. The molecule has 4 rings (SSSR count). The Morgan fingerprint density at radius 1 is 0.963 bits per heavy atom. The summed E-state index contributed by atoms with van der Waals surface area (Å²) in [6, 6.07) is 10.6. The fraction of sp³-hybridized carbons (Fsp3) is 0.211. The Labute approximate surface area is 153 Å². The van der Waals surface area contributed by atoms with Crippen LogP contribution in [0.1, 0.15) is 20.7 Å². The molecule has 7 nitrogen and oxygen atoms in total. The molecule has 2 amide bonds. The summed E-state index contributed by atoms with van der Waals surface area (Å²) in [5.41, 5.74) is 1.30. The molecule has 8 heteroatoms. The minimum atomic E-state index is -0.574. The van der Waals surface area contributed by atoms with Crippen LogP contribution in [0.5, 0.6) is 0 Å². The molecular weight excluding hydrogens is 353 g/mol. The SMILES string of the molecule is O=C(c1ccc2oc(=O)[nH]c2c1)N1CCN(C(=O)c2ccccc2F)CC1. The number of aromatic nitrogens is 1. The molecular formula is C19H16FN3O4. The lowest BCUT2D eigenvalue weighted by molar-refractivity contribution is 0.0533. The van der Waals surface area contributed by atoms with Crippen molar-refractivity contribution in [3.63, 3.8) is 0 Å². The van der Waals surface area contributed by atoms with Crippen LogP contribution >= 0.6 is 0 Å². The van der Waals surface area contributed by atoms with Gasteiger partial charge in [0.25, 0.3) is 11.8 Å². The molecule has 0 saturated carbocycles. The molecule has 0 aliphatic carbocycles. The number of carbonyl (C=O) groups is 2. The van der Waals surface area contributed by atoms with E-state index in [-0.39, 0.29) is 17.4 Å². The van der Waals surface area contributed by atoms with Gasteiger partial charge in [-0.15, -0.1) is 0 Å². The third-order valence-electron chi connectivity index (χ3n) is 4.62. The lowest BCUT2D eigenvalue weighted by Crippen LogP contribution is -2.50. The van der Waals surface area contributed by atoms with Gasteiger partial charge in [0.1, 0.15) is 5.82 Å². The molecule has 0 bridgehead atoms. The third kappa shape index (κ3) is 3.21. The molecule has 0 spiro atoms. The summed E-state index contributed by atoms with van der Waals surface area (Å²) in [7, 11) is 0. The number of halogens is 1. The molecule has 1 fully saturated rings. The van der Waals surface area contributed by atoms with Gasteiger partial charge in [0, 0.05) is 31.7 Å². The monoisotopic (exact) mass is 369 g/mol. The van der Waals surface area contributed by atoms with Gasteiger partial charge < -0.3 is 14.2 Å². The van der Waals surface area contributed by atoms with E-state index in [0.717, 1.165) is 0 Å². The largest absolute Gasteiger partial charge is 0.417 e. The lowest BCUT2D eigenvalue weighted by atomic mass is 10.1. The normalized spacial score (nSPS) is 14.6. The first kappa shape index (κ1) is 17.0. The number of aromatic amines is 1. The molecule has 1 saturated heterocycles. The number of H-pyrrole nitrogens is 1. The number of fused-ring (bicyclic) bond motifs is 1. The molecule has 2 aromatic carbocycles. The van der Waals surface area contributed by atoms with Crippen molar-refractivity contribution < 1.29 is 18.4 Å². The Balaban J connectivity index is 1.45. The van der Waals surface area contributed by atoms with E-state index in [0.29, 0.717) is 42.8 Å². The molecule has 138 valence electrons. The quantitative estimate of drug-likeness (QED) is 0.747. The molecule has 0 radical (unpaired) electrons. The number of nitrogens with zero attached hydrogens (tertiary/aromatic N) is 2. The van der Waals surface area contributed by atoms with Crippen LogP contribution in [0.3, 0.4) is 0 Å². The van der Waals surface area contributed by atoms with E-state index in [1.165, 1.54) is 18.2 Å². The second-order valence-electron chi connectivity index (χ2n) is 6.29. The number of piperazine rings is 1. The second kappa shape index (κ2) is 6.71. The van der Waals surface area contributed by atoms with Crippen molar-refractivity contribution in [1.82, 2.24) is 14.8 Å². The van der Waals surface area contributed by atoms with Gasteiger partial charge in [0.15, 0.2) is 5.58 Å². The molecule has 1 aromatic heterocycles.